The maximum Gasteiger partial charge on any atom is 0.695 e. The summed E-state index contributed by atoms with van der Waals surface area (Å²) in [6.07, 6.45) is 1.39. The van der Waals surface area contributed by atoms with Crippen LogP contribution in [0.25, 0.3) is 0 Å². The van der Waals surface area contributed by atoms with Gasteiger partial charge in [-0.05, 0) is 19.1 Å². The first-order chi connectivity index (χ1) is 7.58. The zero-order valence-electron chi connectivity index (χ0n) is 8.76. The summed E-state index contributed by atoms with van der Waals surface area (Å²) >= 11 is 0. The van der Waals surface area contributed by atoms with Gasteiger partial charge in [0.1, 0.15) is 11.9 Å². The number of aliphatic hydroxyl groups excluding tert-OH is 1. The minimum Gasteiger partial charge on any atom is -0.624 e. The molecule has 1 aromatic rings. The number of para-hydroxylation sites is 1. The Morgan fingerprint density at radius 2 is 2.25 bits per heavy atom. The topological polar surface area (TPSA) is 49.5 Å². The molecule has 1 heterocycles. The molecule has 16 heavy (non-hydrogen) atoms. The quantitative estimate of drug-likeness (QED) is 0.742. The molecule has 1 aromatic carbocycles. The second-order valence-corrected chi connectivity index (χ2v) is 3.70. The van der Waals surface area contributed by atoms with Crippen LogP contribution in [0, 0.1) is 0 Å². The highest BCUT2D eigenvalue weighted by Gasteiger charge is 2.51. The van der Waals surface area contributed by atoms with Gasteiger partial charge in [0.15, 0.2) is 0 Å². The fourth-order valence-electron chi connectivity index (χ4n) is 1.67. The Kier molecular flexibility index (Phi) is 2.51. The van der Waals surface area contributed by atoms with Crippen LogP contribution in [0.4, 0.5) is 4.32 Å². The lowest BCUT2D eigenvalue weighted by Crippen LogP contribution is -2.58. The number of hydrogen-bond acceptors (Lipinski definition) is 3. The average molecular weight is 223 g/mol. The zero-order chi connectivity index (χ0) is 11.8. The Labute approximate surface area is 92.0 Å². The lowest BCUT2D eigenvalue weighted by atomic mass is 9.69. The first-order valence-corrected chi connectivity index (χ1v) is 4.92. The van der Waals surface area contributed by atoms with E-state index in [1.54, 1.807) is 24.3 Å². The highest BCUT2D eigenvalue weighted by Crippen LogP contribution is 2.25. The monoisotopic (exact) mass is 223 g/mol. The number of benzene rings is 1. The van der Waals surface area contributed by atoms with Gasteiger partial charge in [-0.2, -0.15) is 0 Å². The first-order valence-electron chi connectivity index (χ1n) is 4.92. The van der Waals surface area contributed by atoms with E-state index < -0.39 is 19.2 Å². The molecule has 1 aliphatic heterocycles. The number of carbonyl (C=O) groups is 1. The van der Waals surface area contributed by atoms with Crippen molar-refractivity contribution in [2.24, 2.45) is 0 Å². The summed E-state index contributed by atoms with van der Waals surface area (Å²) in [5.41, 5.74) is -0.118. The summed E-state index contributed by atoms with van der Waals surface area (Å²) < 4.78 is 20.2. The molecule has 2 rings (SSSR count). The van der Waals surface area contributed by atoms with Gasteiger partial charge >= 0.3 is 6.76 Å². The molecule has 1 unspecified atom stereocenters. The number of rotatable bonds is 2. The van der Waals surface area contributed by atoms with Crippen molar-refractivity contribution in [2.45, 2.75) is 6.92 Å². The number of carbonyl (C=O) groups excluding carboxylic acids is 1. The highest BCUT2D eigenvalue weighted by atomic mass is 19.1. The second-order valence-electron chi connectivity index (χ2n) is 3.70. The number of hydrogen-bond donors (Lipinski definition) is 1. The van der Waals surface area contributed by atoms with Gasteiger partial charge in [-0.3, -0.25) is 0 Å². The van der Waals surface area contributed by atoms with E-state index in [2.05, 4.69) is 0 Å². The molecule has 0 aliphatic carbocycles. The van der Waals surface area contributed by atoms with Gasteiger partial charge in [0.2, 0.25) is 6.73 Å². The van der Waals surface area contributed by atoms with Crippen LogP contribution in [0.15, 0.2) is 24.3 Å². The van der Waals surface area contributed by atoms with Crippen molar-refractivity contribution >= 4 is 18.7 Å². The van der Waals surface area contributed by atoms with Crippen LogP contribution >= 0.6 is 0 Å². The molecule has 0 saturated heterocycles. The maximum absolute atomic E-state index is 14.3. The van der Waals surface area contributed by atoms with Crippen molar-refractivity contribution in [1.29, 1.82) is 0 Å². The number of aliphatic hydroxyl groups is 1. The van der Waals surface area contributed by atoms with Crippen LogP contribution in [-0.2, 0) is 4.79 Å². The molecule has 0 fully saturated rings. The average Bonchev–Trinajstić information content (AvgIpc) is 2.27. The smallest absolute Gasteiger partial charge is 0.624 e. The highest BCUT2D eigenvalue weighted by molar-refractivity contribution is 6.91. The molecule has 84 valence electrons. The van der Waals surface area contributed by atoms with E-state index in [9.17, 15) is 9.11 Å². The molecule has 0 amide bonds. The maximum atomic E-state index is 14.3. The van der Waals surface area contributed by atoms with E-state index in [0.717, 1.165) is 11.4 Å². The summed E-state index contributed by atoms with van der Waals surface area (Å²) in [5, 5.41) is 9.04. The molecule has 6 heteroatoms. The third-order valence-electron chi connectivity index (χ3n) is 2.60. The van der Waals surface area contributed by atoms with Crippen molar-refractivity contribution in [2.75, 3.05) is 6.73 Å². The van der Waals surface area contributed by atoms with Gasteiger partial charge in [0.25, 0.3) is 0 Å². The second kappa shape index (κ2) is 3.71. The van der Waals surface area contributed by atoms with Crippen molar-refractivity contribution < 1.29 is 23.4 Å². The Morgan fingerprint density at radius 3 is 2.88 bits per heavy atom. The van der Waals surface area contributed by atoms with E-state index in [4.69, 9.17) is 9.76 Å². The standard InChI is InChI=1S/C10H11BFNO3/c1-8(15)11(12)13(7-14)6-9-4-2-3-5-10(9)16-11/h2-6,14H,7H2,1H3. The largest absolute Gasteiger partial charge is 0.695 e. The molecule has 0 bridgehead atoms. The van der Waals surface area contributed by atoms with Crippen LogP contribution in [-0.4, -0.2) is 35.0 Å². The zero-order valence-corrected chi connectivity index (χ0v) is 8.76. The van der Waals surface area contributed by atoms with Crippen molar-refractivity contribution in [3.05, 3.63) is 29.8 Å². The number of fused-ring (bicyclic) bond motifs is 1. The summed E-state index contributed by atoms with van der Waals surface area (Å²) in [6, 6.07) is 6.76. The summed E-state index contributed by atoms with van der Waals surface area (Å²) in [5.74, 6) is 0.310. The SMILES string of the molecule is CC(=O)[B-]1(F)Oc2ccccc2C=[N+]1CO. The fourth-order valence-corrected chi connectivity index (χ4v) is 1.67. The van der Waals surface area contributed by atoms with E-state index in [-0.39, 0.29) is 0 Å². The Morgan fingerprint density at radius 1 is 1.56 bits per heavy atom. The molecule has 0 saturated carbocycles. The molecule has 0 spiro atoms. The number of halogens is 1. The molecular formula is C10H11BFNO3. The van der Waals surface area contributed by atoms with Crippen molar-refractivity contribution in [1.82, 2.24) is 0 Å². The molecule has 1 aliphatic rings. The minimum atomic E-state index is -3.33. The fraction of sp³-hybridized carbons (Fsp3) is 0.200. The molecule has 1 N–H and O–H groups in total. The lowest BCUT2D eigenvalue weighted by Gasteiger charge is -2.31. The van der Waals surface area contributed by atoms with Crippen LogP contribution in [0.5, 0.6) is 5.75 Å². The van der Waals surface area contributed by atoms with E-state index in [1.807, 2.05) is 0 Å². The molecule has 0 aromatic heterocycles. The third-order valence-corrected chi connectivity index (χ3v) is 2.60. The summed E-state index contributed by atoms with van der Waals surface area (Å²) in [7, 11) is 0. The predicted molar refractivity (Wildman–Crippen MR) is 57.1 cm³/mol. The first kappa shape index (κ1) is 10.8. The number of nitrogens with zero attached hydrogens (tertiary/aromatic N) is 1. The van der Waals surface area contributed by atoms with Gasteiger partial charge in [-0.1, -0.05) is 12.1 Å². The van der Waals surface area contributed by atoms with Crippen LogP contribution in [0.2, 0.25) is 0 Å². The summed E-state index contributed by atoms with van der Waals surface area (Å²) in [6.45, 7) is -2.84. The van der Waals surface area contributed by atoms with Crippen LogP contribution in [0.1, 0.15) is 12.5 Å². The van der Waals surface area contributed by atoms with Crippen LogP contribution in [0.3, 0.4) is 0 Å². The normalized spacial score (nSPS) is 23.1. The van der Waals surface area contributed by atoms with E-state index in [0.29, 0.717) is 11.3 Å². The Hall–Kier alpha value is -1.69. The van der Waals surface area contributed by atoms with E-state index in [1.165, 1.54) is 6.21 Å². The Balaban J connectivity index is 2.55. The van der Waals surface area contributed by atoms with Gasteiger partial charge < -0.3 is 23.4 Å². The van der Waals surface area contributed by atoms with Gasteiger partial charge in [-0.15, -0.1) is 0 Å². The minimum absolute atomic E-state index is 0.310. The molecule has 0 radical (unpaired) electrons. The van der Waals surface area contributed by atoms with E-state index >= 15 is 0 Å². The summed E-state index contributed by atoms with van der Waals surface area (Å²) in [4.78, 5) is 11.3. The third kappa shape index (κ3) is 1.51. The van der Waals surface area contributed by atoms with Gasteiger partial charge in [0, 0.05) is 0 Å². The van der Waals surface area contributed by atoms with Gasteiger partial charge in [-0.25, -0.2) is 0 Å². The Bertz CT molecular complexity index is 477. The molecule has 1 atom stereocenters. The van der Waals surface area contributed by atoms with Crippen molar-refractivity contribution in [3.8, 4) is 5.75 Å². The van der Waals surface area contributed by atoms with Crippen LogP contribution < -0.4 is 4.65 Å². The predicted octanol–water partition coefficient (Wildman–Crippen LogP) is 0.497. The molecular weight excluding hydrogens is 212 g/mol. The van der Waals surface area contributed by atoms with Crippen molar-refractivity contribution in [3.63, 3.8) is 0 Å². The molecule has 4 nitrogen and oxygen atoms in total. The van der Waals surface area contributed by atoms with Gasteiger partial charge in [0.05, 0.1) is 11.3 Å². The lowest BCUT2D eigenvalue weighted by molar-refractivity contribution is -0.463.